The molecule has 1 atom stereocenters. The summed E-state index contributed by atoms with van der Waals surface area (Å²) in [4.78, 5) is 28.9. The largest absolute Gasteiger partial charge is 0.497 e. The first-order valence-electron chi connectivity index (χ1n) is 13.9. The minimum Gasteiger partial charge on any atom is -0.497 e. The molecular weight excluding hydrogens is 585 g/mol. The normalized spacial score (nSPS) is 15.3. The standard InChI is InChI=1S/C31H28N6O4S2/c1-18-5-10-27-33-25(15-37(27)35-18)30-34-24-12-23(40-2)13-26(28(24)43-30)41-16-21-17-42-29(32-21)19-6-8-20(9-7-19)31(39)36-11-3-4-22(38)14-36/h5-10,12-13,15,17,22,38H,3-4,11,14,16H2,1-2H3. The van der Waals surface area contributed by atoms with Gasteiger partial charge in [0, 0.05) is 41.7 Å². The van der Waals surface area contributed by atoms with Crippen LogP contribution in [-0.2, 0) is 6.61 Å². The van der Waals surface area contributed by atoms with Crippen molar-refractivity contribution in [3.8, 4) is 32.8 Å². The topological polar surface area (TPSA) is 115 Å². The Balaban J connectivity index is 1.08. The van der Waals surface area contributed by atoms with Gasteiger partial charge in [0.1, 0.15) is 33.8 Å². The van der Waals surface area contributed by atoms with Gasteiger partial charge in [0.2, 0.25) is 0 Å². The van der Waals surface area contributed by atoms with E-state index in [9.17, 15) is 9.90 Å². The molecule has 1 unspecified atom stereocenters. The molecule has 2 aromatic carbocycles. The number of nitrogens with zero attached hydrogens (tertiary/aromatic N) is 6. The molecule has 10 nitrogen and oxygen atoms in total. The number of carbonyl (C=O) groups is 1. The molecule has 43 heavy (non-hydrogen) atoms. The molecule has 1 amide bonds. The number of thiazole rings is 2. The minimum atomic E-state index is -0.446. The fourth-order valence-corrected chi connectivity index (χ4v) is 6.91. The lowest BCUT2D eigenvalue weighted by Gasteiger charge is -2.30. The molecule has 1 aliphatic heterocycles. The highest BCUT2D eigenvalue weighted by Crippen LogP contribution is 2.39. The van der Waals surface area contributed by atoms with Crippen LogP contribution in [-0.4, -0.2) is 66.8 Å². The van der Waals surface area contributed by atoms with E-state index >= 15 is 0 Å². The Morgan fingerprint density at radius 3 is 2.77 bits per heavy atom. The summed E-state index contributed by atoms with van der Waals surface area (Å²) in [5, 5.41) is 18.0. The maximum Gasteiger partial charge on any atom is 0.253 e. The van der Waals surface area contributed by atoms with Crippen LogP contribution in [0.3, 0.4) is 0 Å². The van der Waals surface area contributed by atoms with Crippen LogP contribution in [0.15, 0.2) is 60.1 Å². The number of methoxy groups -OCH3 is 1. The van der Waals surface area contributed by atoms with Crippen molar-refractivity contribution in [2.24, 2.45) is 0 Å². The molecule has 12 heteroatoms. The van der Waals surface area contributed by atoms with Crippen LogP contribution in [0.4, 0.5) is 0 Å². The van der Waals surface area contributed by atoms with Gasteiger partial charge in [-0.25, -0.2) is 19.5 Å². The molecule has 0 aliphatic carbocycles. The predicted octanol–water partition coefficient (Wildman–Crippen LogP) is 5.62. The van der Waals surface area contributed by atoms with Crippen LogP contribution in [0.25, 0.3) is 37.1 Å². The van der Waals surface area contributed by atoms with Gasteiger partial charge in [0.05, 0.1) is 41.0 Å². The van der Waals surface area contributed by atoms with Gasteiger partial charge in [-0.05, 0) is 44.0 Å². The molecular formula is C31H28N6O4S2. The highest BCUT2D eigenvalue weighted by molar-refractivity contribution is 7.22. The molecule has 5 heterocycles. The number of hydrogen-bond acceptors (Lipinski definition) is 10. The maximum absolute atomic E-state index is 12.9. The number of benzene rings is 2. The van der Waals surface area contributed by atoms with Crippen molar-refractivity contribution in [1.82, 2.24) is 29.5 Å². The summed E-state index contributed by atoms with van der Waals surface area (Å²) in [6.07, 6.45) is 3.00. The average molecular weight is 613 g/mol. The Morgan fingerprint density at radius 1 is 1.09 bits per heavy atom. The van der Waals surface area contributed by atoms with E-state index in [1.54, 1.807) is 16.5 Å². The number of aromatic nitrogens is 5. The van der Waals surface area contributed by atoms with E-state index in [0.29, 0.717) is 30.2 Å². The summed E-state index contributed by atoms with van der Waals surface area (Å²) in [5.41, 5.74) is 5.52. The number of aliphatic hydroxyl groups excluding tert-OH is 1. The van der Waals surface area contributed by atoms with Crippen molar-refractivity contribution in [2.75, 3.05) is 20.2 Å². The zero-order valence-electron chi connectivity index (χ0n) is 23.6. The summed E-state index contributed by atoms with van der Waals surface area (Å²) >= 11 is 3.03. The SMILES string of the molecule is COc1cc(OCc2csc(-c3ccc(C(=O)N4CCCC(O)C4)cc3)n2)c2sc(-c3cn4nc(C)ccc4n3)nc2c1. The van der Waals surface area contributed by atoms with Gasteiger partial charge in [-0.1, -0.05) is 12.1 Å². The van der Waals surface area contributed by atoms with E-state index in [2.05, 4.69) is 5.10 Å². The van der Waals surface area contributed by atoms with E-state index in [4.69, 9.17) is 24.4 Å². The second-order valence-corrected chi connectivity index (χ2v) is 12.3. The van der Waals surface area contributed by atoms with Crippen molar-refractivity contribution >= 4 is 44.4 Å². The third-order valence-corrected chi connectivity index (χ3v) is 9.38. The number of likely N-dealkylation sites (tertiary alicyclic amines) is 1. The number of rotatable bonds is 7. The highest BCUT2D eigenvalue weighted by Gasteiger charge is 2.23. The van der Waals surface area contributed by atoms with E-state index < -0.39 is 6.10 Å². The first-order chi connectivity index (χ1) is 20.9. The number of fused-ring (bicyclic) bond motifs is 2. The number of piperidine rings is 1. The van der Waals surface area contributed by atoms with Gasteiger partial charge in [0.15, 0.2) is 5.65 Å². The number of amides is 1. The molecule has 7 rings (SSSR count). The van der Waals surface area contributed by atoms with Crippen LogP contribution < -0.4 is 9.47 Å². The maximum atomic E-state index is 12.9. The number of carbonyl (C=O) groups excluding carboxylic acids is 1. The molecule has 1 aliphatic rings. The first kappa shape index (κ1) is 27.4. The summed E-state index contributed by atoms with van der Waals surface area (Å²) in [6, 6.07) is 15.1. The van der Waals surface area contributed by atoms with Crippen molar-refractivity contribution < 1.29 is 19.4 Å². The molecule has 0 spiro atoms. The number of ether oxygens (including phenoxy) is 2. The summed E-state index contributed by atoms with van der Waals surface area (Å²) in [5.74, 6) is 1.26. The van der Waals surface area contributed by atoms with Crippen molar-refractivity contribution in [1.29, 1.82) is 0 Å². The summed E-state index contributed by atoms with van der Waals surface area (Å²) in [7, 11) is 1.62. The smallest absolute Gasteiger partial charge is 0.253 e. The van der Waals surface area contributed by atoms with Gasteiger partial charge in [-0.3, -0.25) is 4.79 Å². The molecule has 1 N–H and O–H groups in total. The zero-order valence-corrected chi connectivity index (χ0v) is 25.2. The fraction of sp³-hybridized carbons (Fsp3) is 0.258. The fourth-order valence-electron chi connectivity index (χ4n) is 5.13. The number of hydrogen-bond donors (Lipinski definition) is 1. The molecule has 4 aromatic heterocycles. The van der Waals surface area contributed by atoms with E-state index in [0.717, 1.165) is 61.4 Å². The van der Waals surface area contributed by atoms with E-state index in [1.807, 2.05) is 67.0 Å². The molecule has 1 saturated heterocycles. The monoisotopic (exact) mass is 612 g/mol. The molecule has 6 aromatic rings. The van der Waals surface area contributed by atoms with Crippen molar-refractivity contribution in [3.63, 3.8) is 0 Å². The number of aryl methyl sites for hydroxylation is 1. The lowest BCUT2D eigenvalue weighted by atomic mass is 10.1. The van der Waals surface area contributed by atoms with Gasteiger partial charge in [-0.15, -0.1) is 22.7 Å². The second-order valence-electron chi connectivity index (χ2n) is 10.5. The van der Waals surface area contributed by atoms with Crippen LogP contribution >= 0.6 is 22.7 Å². The third-order valence-electron chi connectivity index (χ3n) is 7.33. The van der Waals surface area contributed by atoms with E-state index in [-0.39, 0.29) is 12.5 Å². The number of β-amino-alcohol motifs (C(OH)–C–C–N with tert-alkyl or cyclic N) is 1. The van der Waals surface area contributed by atoms with Crippen LogP contribution in [0.2, 0.25) is 0 Å². The van der Waals surface area contributed by atoms with Gasteiger partial charge in [-0.2, -0.15) is 5.10 Å². The Bertz CT molecular complexity index is 1950. The van der Waals surface area contributed by atoms with Gasteiger partial charge >= 0.3 is 0 Å². The third kappa shape index (κ3) is 5.56. The lowest BCUT2D eigenvalue weighted by Crippen LogP contribution is -2.42. The number of imidazole rings is 1. The van der Waals surface area contributed by atoms with Crippen LogP contribution in [0.1, 0.15) is 34.6 Å². The predicted molar refractivity (Wildman–Crippen MR) is 166 cm³/mol. The molecule has 218 valence electrons. The van der Waals surface area contributed by atoms with Crippen LogP contribution in [0.5, 0.6) is 11.5 Å². The second kappa shape index (κ2) is 11.4. The summed E-state index contributed by atoms with van der Waals surface area (Å²) < 4.78 is 14.5. The van der Waals surface area contributed by atoms with Crippen molar-refractivity contribution in [2.45, 2.75) is 32.5 Å². The van der Waals surface area contributed by atoms with Gasteiger partial charge in [0.25, 0.3) is 5.91 Å². The molecule has 1 fully saturated rings. The molecule has 0 saturated carbocycles. The van der Waals surface area contributed by atoms with Gasteiger partial charge < -0.3 is 19.5 Å². The highest BCUT2D eigenvalue weighted by atomic mass is 32.1. The van der Waals surface area contributed by atoms with E-state index in [1.165, 1.54) is 22.7 Å². The number of aliphatic hydroxyl groups is 1. The molecule has 0 radical (unpaired) electrons. The summed E-state index contributed by atoms with van der Waals surface area (Å²) in [6.45, 7) is 3.28. The van der Waals surface area contributed by atoms with Crippen molar-refractivity contribution in [3.05, 3.63) is 77.1 Å². The quantitative estimate of drug-likeness (QED) is 0.247. The first-order valence-corrected chi connectivity index (χ1v) is 15.6. The Hall–Kier alpha value is -4.39. The Labute approximate surface area is 255 Å². The lowest BCUT2D eigenvalue weighted by molar-refractivity contribution is 0.0474. The molecule has 0 bridgehead atoms. The minimum absolute atomic E-state index is 0.0534. The Morgan fingerprint density at radius 2 is 1.95 bits per heavy atom. The van der Waals surface area contributed by atoms with Crippen LogP contribution in [0, 0.1) is 6.92 Å². The zero-order chi connectivity index (χ0) is 29.5. The average Bonchev–Trinajstić information content (AvgIpc) is 3.77. The Kier molecular flexibility index (Phi) is 7.25.